The highest BCUT2D eigenvalue weighted by atomic mass is 16.5. The molecule has 0 fully saturated rings. The number of fused-ring (bicyclic) bond motifs is 1. The molecule has 1 atom stereocenters. The highest BCUT2D eigenvalue weighted by molar-refractivity contribution is 5.94. The molecule has 0 bridgehead atoms. The van der Waals surface area contributed by atoms with E-state index in [1.54, 1.807) is 49.2 Å². The van der Waals surface area contributed by atoms with E-state index in [0.29, 0.717) is 5.75 Å². The average Bonchev–Trinajstić information content (AvgIpc) is 3.32. The van der Waals surface area contributed by atoms with E-state index in [9.17, 15) is 9.59 Å². The summed E-state index contributed by atoms with van der Waals surface area (Å²) in [5.41, 5.74) is 5.66. The summed E-state index contributed by atoms with van der Waals surface area (Å²) in [5, 5.41) is 6.33. The second-order valence-electron chi connectivity index (χ2n) is 7.06. The van der Waals surface area contributed by atoms with E-state index >= 15 is 0 Å². The van der Waals surface area contributed by atoms with Gasteiger partial charge in [-0.3, -0.25) is 20.4 Å². The zero-order valence-corrected chi connectivity index (χ0v) is 17.6. The van der Waals surface area contributed by atoms with Crippen molar-refractivity contribution in [1.29, 1.82) is 0 Å². The minimum atomic E-state index is -0.812. The van der Waals surface area contributed by atoms with Crippen LogP contribution in [0.2, 0.25) is 0 Å². The highest BCUT2D eigenvalue weighted by Crippen LogP contribution is 2.21. The minimum absolute atomic E-state index is 0.157. The van der Waals surface area contributed by atoms with Crippen LogP contribution in [0.3, 0.4) is 0 Å². The maximum absolute atomic E-state index is 12.4. The Hall–Kier alpha value is -4.33. The standard InChI is InChI=1S/C24H22N4O4/c1-16(32-21-10-7-17-5-3-4-6-18(17)15-21)23(29)25-26-24(30)22-13-14-28(27-22)19-8-11-20(31-2)12-9-19/h3-16H,1-2H3,(H,25,29)(H,26,30). The van der Waals surface area contributed by atoms with Crippen LogP contribution in [0.25, 0.3) is 16.5 Å². The maximum Gasteiger partial charge on any atom is 0.290 e. The van der Waals surface area contributed by atoms with Gasteiger partial charge >= 0.3 is 0 Å². The SMILES string of the molecule is COc1ccc(-n2ccc(C(=O)NNC(=O)C(C)Oc3ccc4ccccc4c3)n2)cc1. The lowest BCUT2D eigenvalue weighted by Gasteiger charge is -2.15. The monoisotopic (exact) mass is 430 g/mol. The van der Waals surface area contributed by atoms with Crippen LogP contribution in [0, 0.1) is 0 Å². The molecule has 2 N–H and O–H groups in total. The van der Waals surface area contributed by atoms with Gasteiger partial charge in [0.15, 0.2) is 11.8 Å². The van der Waals surface area contributed by atoms with E-state index in [4.69, 9.17) is 9.47 Å². The van der Waals surface area contributed by atoms with Crippen molar-refractivity contribution in [3.63, 3.8) is 0 Å². The first-order valence-corrected chi connectivity index (χ1v) is 9.99. The summed E-state index contributed by atoms with van der Waals surface area (Å²) in [6.07, 6.45) is 0.845. The number of methoxy groups -OCH3 is 1. The lowest BCUT2D eigenvalue weighted by atomic mass is 10.1. The largest absolute Gasteiger partial charge is 0.497 e. The average molecular weight is 430 g/mol. The summed E-state index contributed by atoms with van der Waals surface area (Å²) in [7, 11) is 1.59. The van der Waals surface area contributed by atoms with Crippen LogP contribution in [0.5, 0.6) is 11.5 Å². The predicted molar refractivity (Wildman–Crippen MR) is 120 cm³/mol. The number of hydrogen-bond donors (Lipinski definition) is 2. The van der Waals surface area contributed by atoms with Gasteiger partial charge in [0.1, 0.15) is 11.5 Å². The number of amides is 2. The molecule has 32 heavy (non-hydrogen) atoms. The first kappa shape index (κ1) is 20.9. The molecule has 0 saturated carbocycles. The molecule has 2 amide bonds. The number of hydrogen-bond acceptors (Lipinski definition) is 5. The minimum Gasteiger partial charge on any atom is -0.497 e. The molecule has 0 spiro atoms. The topological polar surface area (TPSA) is 94.5 Å². The lowest BCUT2D eigenvalue weighted by molar-refractivity contribution is -0.128. The molecule has 0 aliphatic rings. The first-order valence-electron chi connectivity index (χ1n) is 9.99. The molecule has 0 radical (unpaired) electrons. The number of benzene rings is 3. The van der Waals surface area contributed by atoms with Gasteiger partial charge in [-0.1, -0.05) is 30.3 Å². The number of ether oxygens (including phenoxy) is 2. The van der Waals surface area contributed by atoms with Crippen LogP contribution in [0.4, 0.5) is 0 Å². The lowest BCUT2D eigenvalue weighted by Crippen LogP contribution is -2.47. The number of carbonyl (C=O) groups is 2. The normalized spacial score (nSPS) is 11.6. The molecule has 4 aromatic rings. The Morgan fingerprint density at radius 3 is 2.38 bits per heavy atom. The van der Waals surface area contributed by atoms with Crippen molar-refractivity contribution in [2.45, 2.75) is 13.0 Å². The molecular weight excluding hydrogens is 408 g/mol. The third-order valence-electron chi connectivity index (χ3n) is 4.86. The molecule has 162 valence electrons. The molecule has 8 nitrogen and oxygen atoms in total. The summed E-state index contributed by atoms with van der Waals surface area (Å²) < 4.78 is 12.4. The Balaban J connectivity index is 1.32. The van der Waals surface area contributed by atoms with Crippen LogP contribution in [0.1, 0.15) is 17.4 Å². The van der Waals surface area contributed by atoms with E-state index in [1.807, 2.05) is 48.5 Å². The van der Waals surface area contributed by atoms with Gasteiger partial charge in [0.2, 0.25) is 0 Å². The smallest absolute Gasteiger partial charge is 0.290 e. The van der Waals surface area contributed by atoms with Crippen molar-refractivity contribution >= 4 is 22.6 Å². The molecular formula is C24H22N4O4. The van der Waals surface area contributed by atoms with Gasteiger partial charge in [-0.25, -0.2) is 4.68 Å². The second-order valence-corrected chi connectivity index (χ2v) is 7.06. The van der Waals surface area contributed by atoms with Crippen molar-refractivity contribution in [3.8, 4) is 17.2 Å². The van der Waals surface area contributed by atoms with Crippen LogP contribution in [-0.4, -0.2) is 34.8 Å². The summed E-state index contributed by atoms with van der Waals surface area (Å²) in [5.74, 6) is 0.266. The van der Waals surface area contributed by atoms with Crippen molar-refractivity contribution < 1.29 is 19.1 Å². The van der Waals surface area contributed by atoms with Gasteiger partial charge in [0.25, 0.3) is 11.8 Å². The molecule has 1 unspecified atom stereocenters. The van der Waals surface area contributed by atoms with Gasteiger partial charge in [-0.2, -0.15) is 5.10 Å². The predicted octanol–water partition coefficient (Wildman–Crippen LogP) is 3.26. The fourth-order valence-corrected chi connectivity index (χ4v) is 3.11. The van der Waals surface area contributed by atoms with Gasteiger partial charge < -0.3 is 9.47 Å². The summed E-state index contributed by atoms with van der Waals surface area (Å²) in [6, 6.07) is 22.3. The Morgan fingerprint density at radius 1 is 0.906 bits per heavy atom. The molecule has 4 rings (SSSR count). The van der Waals surface area contributed by atoms with Crippen molar-refractivity contribution in [3.05, 3.63) is 84.7 Å². The fraction of sp³-hybridized carbons (Fsp3) is 0.125. The Bertz CT molecular complexity index is 1250. The molecule has 1 aromatic heterocycles. The summed E-state index contributed by atoms with van der Waals surface area (Å²) >= 11 is 0. The summed E-state index contributed by atoms with van der Waals surface area (Å²) in [4.78, 5) is 24.7. The van der Waals surface area contributed by atoms with Gasteiger partial charge in [0, 0.05) is 6.20 Å². The number of aromatic nitrogens is 2. The van der Waals surface area contributed by atoms with E-state index in [-0.39, 0.29) is 5.69 Å². The third kappa shape index (κ3) is 4.70. The van der Waals surface area contributed by atoms with E-state index in [1.165, 1.54) is 0 Å². The van der Waals surface area contributed by atoms with Crippen molar-refractivity contribution in [2.24, 2.45) is 0 Å². The number of rotatable bonds is 6. The zero-order valence-electron chi connectivity index (χ0n) is 17.6. The second kappa shape index (κ2) is 9.22. The number of nitrogens with zero attached hydrogens (tertiary/aromatic N) is 2. The van der Waals surface area contributed by atoms with Crippen LogP contribution in [0.15, 0.2) is 79.0 Å². The third-order valence-corrected chi connectivity index (χ3v) is 4.86. The van der Waals surface area contributed by atoms with Crippen molar-refractivity contribution in [1.82, 2.24) is 20.6 Å². The quantitative estimate of drug-likeness (QED) is 0.458. The fourth-order valence-electron chi connectivity index (χ4n) is 3.11. The maximum atomic E-state index is 12.4. The van der Waals surface area contributed by atoms with E-state index in [2.05, 4.69) is 16.0 Å². The number of carbonyl (C=O) groups excluding carboxylic acids is 2. The molecule has 1 heterocycles. The van der Waals surface area contributed by atoms with Crippen LogP contribution < -0.4 is 20.3 Å². The molecule has 0 saturated heterocycles. The summed E-state index contributed by atoms with van der Waals surface area (Å²) in [6.45, 7) is 1.61. The number of hydrazine groups is 1. The molecule has 0 aliphatic carbocycles. The molecule has 0 aliphatic heterocycles. The van der Waals surface area contributed by atoms with E-state index in [0.717, 1.165) is 22.2 Å². The van der Waals surface area contributed by atoms with E-state index < -0.39 is 17.9 Å². The molecule has 3 aromatic carbocycles. The van der Waals surface area contributed by atoms with Crippen LogP contribution >= 0.6 is 0 Å². The first-order chi connectivity index (χ1) is 15.5. The van der Waals surface area contributed by atoms with Gasteiger partial charge in [-0.05, 0) is 60.2 Å². The van der Waals surface area contributed by atoms with Gasteiger partial charge in [-0.15, -0.1) is 0 Å². The zero-order chi connectivity index (χ0) is 22.5. The number of nitrogens with one attached hydrogen (secondary N) is 2. The van der Waals surface area contributed by atoms with Crippen molar-refractivity contribution in [2.75, 3.05) is 7.11 Å². The Morgan fingerprint density at radius 2 is 1.62 bits per heavy atom. The highest BCUT2D eigenvalue weighted by Gasteiger charge is 2.17. The Kier molecular flexibility index (Phi) is 6.03. The molecule has 8 heteroatoms. The Labute approximate surface area is 184 Å². The van der Waals surface area contributed by atoms with Gasteiger partial charge in [0.05, 0.1) is 12.8 Å². The van der Waals surface area contributed by atoms with Crippen LogP contribution in [-0.2, 0) is 4.79 Å².